The van der Waals surface area contributed by atoms with Gasteiger partial charge in [-0.3, -0.25) is 19.3 Å². The molecule has 4 atom stereocenters. The zero-order chi connectivity index (χ0) is 22.1. The van der Waals surface area contributed by atoms with Crippen LogP contribution in [0, 0.1) is 23.7 Å². The molecule has 0 radical (unpaired) electrons. The number of carbonyl (C=O) groups is 3. The van der Waals surface area contributed by atoms with Crippen LogP contribution in [0.4, 0.5) is 0 Å². The zero-order valence-corrected chi connectivity index (χ0v) is 18.1. The molecule has 2 aromatic carbocycles. The Kier molecular flexibility index (Phi) is 5.64. The molecule has 1 aliphatic heterocycles. The Bertz CT molecular complexity index is 1000. The van der Waals surface area contributed by atoms with Gasteiger partial charge in [-0.15, -0.1) is 0 Å². The monoisotopic (exact) mass is 428 g/mol. The van der Waals surface area contributed by atoms with E-state index in [0.717, 1.165) is 18.4 Å². The molecular formula is C27H28N2O3. The van der Waals surface area contributed by atoms with Crippen LogP contribution in [0.5, 0.6) is 0 Å². The van der Waals surface area contributed by atoms with Gasteiger partial charge in [0.15, 0.2) is 0 Å². The number of benzene rings is 2. The predicted molar refractivity (Wildman–Crippen MR) is 121 cm³/mol. The van der Waals surface area contributed by atoms with E-state index in [4.69, 9.17) is 0 Å². The molecule has 5 rings (SSSR count). The summed E-state index contributed by atoms with van der Waals surface area (Å²) in [4.78, 5) is 42.2. The number of nitrogens with zero attached hydrogens (tertiary/aromatic N) is 2. The van der Waals surface area contributed by atoms with Gasteiger partial charge in [-0.25, -0.2) is 0 Å². The normalized spacial score (nSPS) is 25.4. The average molecular weight is 429 g/mol. The largest absolute Gasteiger partial charge is 0.338 e. The highest BCUT2D eigenvalue weighted by Gasteiger charge is 2.59. The fraction of sp³-hybridized carbons (Fsp3) is 0.370. The van der Waals surface area contributed by atoms with E-state index in [-0.39, 0.29) is 54.4 Å². The summed E-state index contributed by atoms with van der Waals surface area (Å²) in [6.45, 7) is 1.30. The first-order valence-electron chi connectivity index (χ1n) is 11.5. The minimum absolute atomic E-state index is 0.0245. The molecule has 3 aliphatic rings. The van der Waals surface area contributed by atoms with Gasteiger partial charge in [-0.1, -0.05) is 72.8 Å². The second-order valence-electron chi connectivity index (χ2n) is 9.11. The maximum Gasteiger partial charge on any atom is 0.233 e. The van der Waals surface area contributed by atoms with Crippen LogP contribution in [0.2, 0.25) is 0 Å². The topological polar surface area (TPSA) is 57.7 Å². The van der Waals surface area contributed by atoms with Crippen molar-refractivity contribution in [2.75, 3.05) is 13.1 Å². The summed E-state index contributed by atoms with van der Waals surface area (Å²) in [5, 5.41) is 0. The van der Waals surface area contributed by atoms with Crippen molar-refractivity contribution in [2.45, 2.75) is 25.8 Å². The number of likely N-dealkylation sites (tertiary alicyclic amines) is 1. The third-order valence-electron chi connectivity index (χ3n) is 7.19. The van der Waals surface area contributed by atoms with Crippen molar-refractivity contribution in [3.8, 4) is 0 Å². The molecule has 164 valence electrons. The van der Waals surface area contributed by atoms with Crippen molar-refractivity contribution in [2.24, 2.45) is 23.7 Å². The lowest BCUT2D eigenvalue weighted by atomic mass is 9.85. The summed E-state index contributed by atoms with van der Waals surface area (Å²) in [5.41, 5.74) is 2.25. The van der Waals surface area contributed by atoms with Crippen LogP contribution in [0.15, 0.2) is 72.8 Å². The summed E-state index contributed by atoms with van der Waals surface area (Å²) < 4.78 is 0. The molecule has 2 bridgehead atoms. The Hall–Kier alpha value is -3.21. The molecule has 0 unspecified atom stereocenters. The third-order valence-corrected chi connectivity index (χ3v) is 7.19. The second-order valence-corrected chi connectivity index (χ2v) is 9.11. The summed E-state index contributed by atoms with van der Waals surface area (Å²) in [7, 11) is 0. The van der Waals surface area contributed by atoms with Gasteiger partial charge in [-0.2, -0.15) is 0 Å². The lowest BCUT2D eigenvalue weighted by Crippen LogP contribution is -2.38. The molecule has 5 nitrogen and oxygen atoms in total. The number of amides is 3. The van der Waals surface area contributed by atoms with Crippen LogP contribution in [0.3, 0.4) is 0 Å². The highest BCUT2D eigenvalue weighted by Crippen LogP contribution is 2.52. The second kappa shape index (κ2) is 8.73. The summed E-state index contributed by atoms with van der Waals surface area (Å²) in [5.74, 6) is -0.196. The third kappa shape index (κ3) is 3.88. The van der Waals surface area contributed by atoms with E-state index in [9.17, 15) is 14.4 Å². The van der Waals surface area contributed by atoms with E-state index in [0.29, 0.717) is 13.1 Å². The number of hydrogen-bond donors (Lipinski definition) is 0. The zero-order valence-electron chi connectivity index (χ0n) is 18.1. The van der Waals surface area contributed by atoms with Crippen molar-refractivity contribution in [3.05, 3.63) is 83.9 Å². The van der Waals surface area contributed by atoms with Crippen LogP contribution in [0.25, 0.3) is 0 Å². The fourth-order valence-corrected chi connectivity index (χ4v) is 5.55. The molecular weight excluding hydrogens is 400 g/mol. The maximum atomic E-state index is 13.2. The Morgan fingerprint density at radius 3 is 2.00 bits per heavy atom. The van der Waals surface area contributed by atoms with Crippen LogP contribution in [-0.4, -0.2) is 40.6 Å². The molecule has 0 spiro atoms. The Balaban J connectivity index is 1.24. The summed E-state index contributed by atoms with van der Waals surface area (Å²) >= 11 is 0. The first-order valence-corrected chi connectivity index (χ1v) is 11.5. The van der Waals surface area contributed by atoms with Gasteiger partial charge in [0.2, 0.25) is 17.7 Å². The van der Waals surface area contributed by atoms with E-state index in [2.05, 4.69) is 24.3 Å². The van der Waals surface area contributed by atoms with E-state index in [1.165, 1.54) is 10.5 Å². The van der Waals surface area contributed by atoms with Crippen molar-refractivity contribution in [3.63, 3.8) is 0 Å². The molecule has 0 N–H and O–H groups in total. The minimum Gasteiger partial charge on any atom is -0.338 e. The number of allylic oxidation sites excluding steroid dienone is 2. The molecule has 2 aromatic rings. The van der Waals surface area contributed by atoms with Crippen molar-refractivity contribution in [1.29, 1.82) is 0 Å². The molecule has 3 amide bonds. The first kappa shape index (κ1) is 20.7. The molecule has 32 heavy (non-hydrogen) atoms. The molecule has 2 aliphatic carbocycles. The Morgan fingerprint density at radius 2 is 1.41 bits per heavy atom. The minimum atomic E-state index is -0.203. The average Bonchev–Trinajstić information content (AvgIpc) is 3.50. The number of hydrogen-bond acceptors (Lipinski definition) is 3. The number of imide groups is 1. The smallest absolute Gasteiger partial charge is 0.233 e. The lowest BCUT2D eigenvalue weighted by Gasteiger charge is -2.24. The molecule has 2 fully saturated rings. The number of carbonyl (C=O) groups excluding carboxylic acids is 3. The highest BCUT2D eigenvalue weighted by atomic mass is 16.2. The molecule has 1 saturated heterocycles. The molecule has 1 saturated carbocycles. The van der Waals surface area contributed by atoms with Crippen molar-refractivity contribution in [1.82, 2.24) is 9.80 Å². The van der Waals surface area contributed by atoms with Gasteiger partial charge >= 0.3 is 0 Å². The highest BCUT2D eigenvalue weighted by molar-refractivity contribution is 6.06. The van der Waals surface area contributed by atoms with Crippen molar-refractivity contribution < 1.29 is 14.4 Å². The SMILES string of the molecule is O=C(CCN1C(=O)[C@@H]2[C@H](C1=O)[C@H]1C=C[C@H]2C1)N(CCc1ccccc1)Cc1ccccc1. The maximum absolute atomic E-state index is 13.2. The van der Waals surface area contributed by atoms with E-state index in [1.54, 1.807) is 0 Å². The van der Waals surface area contributed by atoms with Gasteiger partial charge in [-0.05, 0) is 35.8 Å². The number of rotatable bonds is 8. The van der Waals surface area contributed by atoms with Crippen LogP contribution < -0.4 is 0 Å². The van der Waals surface area contributed by atoms with Crippen LogP contribution in [0.1, 0.15) is 24.0 Å². The number of fused-ring (bicyclic) bond motifs is 5. The summed E-state index contributed by atoms with van der Waals surface area (Å²) in [6.07, 6.45) is 6.04. The molecule has 0 aromatic heterocycles. The Morgan fingerprint density at radius 1 is 0.844 bits per heavy atom. The van der Waals surface area contributed by atoms with Gasteiger partial charge < -0.3 is 4.90 Å². The van der Waals surface area contributed by atoms with Gasteiger partial charge in [0.25, 0.3) is 0 Å². The first-order chi connectivity index (χ1) is 15.6. The van der Waals surface area contributed by atoms with Crippen LogP contribution >= 0.6 is 0 Å². The standard InChI is InChI=1S/C27H28N2O3/c30-23(14-16-29-26(31)24-21-11-12-22(17-21)25(24)27(29)32)28(18-20-9-5-2-6-10-20)15-13-19-7-3-1-4-8-19/h1-12,21-22,24-25H,13-18H2/t21-,22-,24-,25+/m0/s1. The van der Waals surface area contributed by atoms with Gasteiger partial charge in [0.05, 0.1) is 11.8 Å². The quantitative estimate of drug-likeness (QED) is 0.478. The summed E-state index contributed by atoms with van der Waals surface area (Å²) in [6, 6.07) is 20.0. The predicted octanol–water partition coefficient (Wildman–Crippen LogP) is 3.46. The molecule has 5 heteroatoms. The Labute approximate surface area is 188 Å². The van der Waals surface area contributed by atoms with E-state index in [1.807, 2.05) is 53.4 Å². The van der Waals surface area contributed by atoms with E-state index < -0.39 is 0 Å². The lowest BCUT2D eigenvalue weighted by molar-refractivity contribution is -0.141. The van der Waals surface area contributed by atoms with Crippen molar-refractivity contribution >= 4 is 17.7 Å². The molecule has 1 heterocycles. The van der Waals surface area contributed by atoms with Gasteiger partial charge in [0, 0.05) is 26.1 Å². The van der Waals surface area contributed by atoms with E-state index >= 15 is 0 Å². The van der Waals surface area contributed by atoms with Gasteiger partial charge in [0.1, 0.15) is 0 Å². The van der Waals surface area contributed by atoms with Crippen LogP contribution in [-0.2, 0) is 27.3 Å². The fourth-order valence-electron chi connectivity index (χ4n) is 5.55.